The number of ether oxygens (including phenoxy) is 5. The number of carbonyl (C=O) groups excluding carboxylic acids is 6. The molecule has 0 radical (unpaired) electrons. The van der Waals surface area contributed by atoms with Crippen LogP contribution in [-0.4, -0.2) is 89.3 Å². The molecule has 0 spiro atoms. The Morgan fingerprint density at radius 1 is 0.587 bits per heavy atom. The molecule has 2 aliphatic carbocycles. The van der Waals surface area contributed by atoms with E-state index < -0.39 is 95.8 Å². The van der Waals surface area contributed by atoms with Crippen LogP contribution in [0.2, 0.25) is 0 Å². The van der Waals surface area contributed by atoms with Crippen LogP contribution in [0.4, 0.5) is 23.2 Å². The normalized spacial score (nSPS) is 17.7. The van der Waals surface area contributed by atoms with Gasteiger partial charge in [0.05, 0.1) is 44.7 Å². The summed E-state index contributed by atoms with van der Waals surface area (Å²) in [6, 6.07) is 62.6. The van der Waals surface area contributed by atoms with Crippen LogP contribution in [-0.2, 0) is 94.6 Å². The Morgan fingerprint density at radius 3 is 1.55 bits per heavy atom. The number of hydrogen-bond donors (Lipinski definition) is 3. The number of amides is 1. The molecule has 3 N–H and O–H groups in total. The quantitative estimate of drug-likeness (QED) is 0.00933. The van der Waals surface area contributed by atoms with Gasteiger partial charge < -0.3 is 53.7 Å². The smallest absolute Gasteiger partial charge is 0.744 e. The van der Waals surface area contributed by atoms with Gasteiger partial charge in [-0.05, 0) is 187 Å². The largest absolute Gasteiger partial charge is 2.00 e. The van der Waals surface area contributed by atoms with E-state index in [1.54, 1.807) is 31.2 Å². The molecular weight excluding hydrogens is 1650 g/mol. The molecule has 4 fully saturated rings. The van der Waals surface area contributed by atoms with E-state index in [0.29, 0.717) is 24.3 Å². The third-order valence-corrected chi connectivity index (χ3v) is 25.9. The summed E-state index contributed by atoms with van der Waals surface area (Å²) in [5.41, 5.74) is 2.18. The van der Waals surface area contributed by atoms with Crippen LogP contribution in [0.15, 0.2) is 208 Å². The molecule has 3 aliphatic heterocycles. The molecule has 14 rings (SSSR count). The van der Waals surface area contributed by atoms with Crippen LogP contribution < -0.4 is 15.2 Å². The van der Waals surface area contributed by atoms with E-state index in [1.165, 1.54) is 56.9 Å². The first-order valence-electron chi connectivity index (χ1n) is 40.4. The molecule has 1 amide bonds. The molecule has 642 valence electrons. The van der Waals surface area contributed by atoms with Gasteiger partial charge in [0.1, 0.15) is 33.0 Å². The van der Waals surface area contributed by atoms with Crippen molar-refractivity contribution in [3.63, 3.8) is 0 Å². The number of fused-ring (bicyclic) bond motifs is 2. The van der Waals surface area contributed by atoms with Gasteiger partial charge in [-0.3, -0.25) is 24.0 Å². The summed E-state index contributed by atoms with van der Waals surface area (Å²) in [5.74, 6) is -14.2. The molecule has 2 bridgehead atoms. The van der Waals surface area contributed by atoms with Crippen molar-refractivity contribution in [2.45, 2.75) is 230 Å². The van der Waals surface area contributed by atoms with Crippen LogP contribution >= 0.6 is 0 Å². The van der Waals surface area contributed by atoms with Crippen molar-refractivity contribution in [3.05, 3.63) is 234 Å². The molecule has 5 aliphatic rings. The SMILES string of the molecule is CCC(C)(C)C(=O)Nc1cccc2c(O)cccc12.CCC(C)(C)C(=O)OC1C2CC3C(=O)OC1C3O2.CCC(C)(C)C(=O)OC1Cc2cccc3cccc1c23.CCC(C)(C)C(=O)Oc1c(F)c(F)c(S(=O)(=O)[O-])c(F)c1F.CCC(C)c1ccc(C(=O)O)cc1.O=C([O-])C1CCCCC1.[Zn+2].c1ccc([S+](c2ccccc2)c2ccccc2)cc1. The van der Waals surface area contributed by atoms with Gasteiger partial charge in [-0.2, -0.15) is 8.78 Å². The molecule has 9 aromatic rings. The molecule has 9 aromatic carbocycles. The van der Waals surface area contributed by atoms with Crippen LogP contribution in [0.5, 0.6) is 11.5 Å². The molecule has 1 saturated carbocycles. The number of aromatic carboxylic acids is 1. The fourth-order valence-electron chi connectivity index (χ4n) is 13.3. The molecular formula is C95H108F4NO18S2Zn+. The van der Waals surface area contributed by atoms with Crippen molar-refractivity contribution in [2.75, 3.05) is 5.32 Å². The van der Waals surface area contributed by atoms with Crippen LogP contribution in [0, 0.1) is 56.8 Å². The summed E-state index contributed by atoms with van der Waals surface area (Å²) in [7, 11) is -5.82. The number of aliphatic carboxylic acids is 1. The number of rotatable bonds is 20. The molecule has 26 heteroatoms. The number of benzene rings is 9. The number of anilines is 1. The number of aromatic hydroxyl groups is 1. The zero-order valence-corrected chi connectivity index (χ0v) is 75.6. The second-order valence-electron chi connectivity index (χ2n) is 32.7. The average Bonchev–Trinajstić information content (AvgIpc) is 1.57. The van der Waals surface area contributed by atoms with Crippen molar-refractivity contribution in [1.29, 1.82) is 0 Å². The summed E-state index contributed by atoms with van der Waals surface area (Å²) in [5, 5.41) is 35.8. The molecule has 3 heterocycles. The number of esters is 4. The zero-order valence-electron chi connectivity index (χ0n) is 71.0. The molecule has 0 aromatic heterocycles. The number of hydrogen-bond acceptors (Lipinski definition) is 17. The third kappa shape index (κ3) is 24.8. The van der Waals surface area contributed by atoms with Gasteiger partial charge in [-0.15, -0.1) is 0 Å². The van der Waals surface area contributed by atoms with Gasteiger partial charge in [-0.1, -0.05) is 202 Å². The number of carbonyl (C=O) groups is 7. The second-order valence-corrected chi connectivity index (χ2v) is 36.0. The predicted octanol–water partition coefficient (Wildman–Crippen LogP) is 19.9. The van der Waals surface area contributed by atoms with E-state index >= 15 is 0 Å². The number of phenols is 1. The first-order valence-corrected chi connectivity index (χ1v) is 43.1. The van der Waals surface area contributed by atoms with E-state index in [4.69, 9.17) is 24.1 Å². The number of phenolic OH excluding ortho intramolecular Hbond substituents is 1. The Bertz CT molecular complexity index is 5060. The van der Waals surface area contributed by atoms with Gasteiger partial charge in [-0.25, -0.2) is 22.0 Å². The summed E-state index contributed by atoms with van der Waals surface area (Å²) in [6.45, 7) is 25.9. The van der Waals surface area contributed by atoms with Gasteiger partial charge in [0, 0.05) is 39.8 Å². The fraction of sp³-hybridized carbons (Fsp3) is 0.400. The summed E-state index contributed by atoms with van der Waals surface area (Å²) >= 11 is 0. The van der Waals surface area contributed by atoms with Crippen LogP contribution in [0.1, 0.15) is 207 Å². The van der Waals surface area contributed by atoms with Crippen molar-refractivity contribution in [3.8, 4) is 11.5 Å². The zero-order chi connectivity index (χ0) is 88.4. The Morgan fingerprint density at radius 2 is 1.07 bits per heavy atom. The monoisotopic (exact) mass is 1750 g/mol. The molecule has 7 atom stereocenters. The number of halogens is 4. The minimum atomic E-state index is -5.81. The van der Waals surface area contributed by atoms with Crippen molar-refractivity contribution in [2.24, 2.45) is 33.5 Å². The Hall–Kier alpha value is -9.85. The van der Waals surface area contributed by atoms with Crippen molar-refractivity contribution in [1.82, 2.24) is 0 Å². The second kappa shape index (κ2) is 43.3. The minimum Gasteiger partial charge on any atom is -0.744 e. The van der Waals surface area contributed by atoms with Crippen LogP contribution in [0.25, 0.3) is 21.5 Å². The molecule has 19 nitrogen and oxygen atoms in total. The van der Waals surface area contributed by atoms with Crippen LogP contribution in [0.3, 0.4) is 0 Å². The Labute approximate surface area is 721 Å². The Kier molecular flexibility index (Phi) is 35.1. The average molecular weight is 1760 g/mol. The maximum absolute atomic E-state index is 13.6. The van der Waals surface area contributed by atoms with Gasteiger partial charge in [0.25, 0.3) is 0 Å². The number of carboxylic acid groups (broad SMARTS) is 2. The summed E-state index contributed by atoms with van der Waals surface area (Å²) < 4.78 is 113. The topological polar surface area (TPSA) is 298 Å². The maximum atomic E-state index is 13.6. The van der Waals surface area contributed by atoms with Crippen molar-refractivity contribution < 1.29 is 123 Å². The minimum absolute atomic E-state index is 0. The molecule has 121 heavy (non-hydrogen) atoms. The first-order chi connectivity index (χ1) is 56.7. The molecule has 7 unspecified atom stereocenters. The van der Waals surface area contributed by atoms with Gasteiger partial charge in [0.15, 0.2) is 38.5 Å². The van der Waals surface area contributed by atoms with E-state index in [2.05, 4.69) is 145 Å². The first kappa shape index (κ1) is 98.3. The van der Waals surface area contributed by atoms with E-state index in [-0.39, 0.29) is 96.5 Å². The summed E-state index contributed by atoms with van der Waals surface area (Å²) in [4.78, 5) is 82.4. The van der Waals surface area contributed by atoms with E-state index in [1.807, 2.05) is 105 Å². The predicted molar refractivity (Wildman–Crippen MR) is 449 cm³/mol. The number of nitrogens with one attached hydrogen (secondary N) is 1. The number of carboxylic acids is 2. The third-order valence-electron chi connectivity index (χ3n) is 22.8. The Balaban J connectivity index is 0.000000196. The molecule has 3 saturated heterocycles. The standard InChI is InChI=1S/C18H20O2.C18H15S.C16H19NO2.C13H18O5.C12H12F4O5S.C11H14O2.C7H12O2.Zn/c1-4-18(2,3)17(19)20-15-11-13-9-5-7-12-8-6-10-14(15)16(12)13;1-4-10-16(11-5-1)19(17-12-6-2-7-13-17)18-14-8-3-9-15-18;1-4-16(2,3)15(19)17-13-9-5-8-12-11(13)7-6-10-14(12)18;1-4-13(2,3)12(15)18-9-7-5-6-8(16-7)10(9)17-11(6)14;1-4-12(2,3)11(17)21-9-5(13)7(15)10(22(18,19)20)8(16)6(9)14;1-3-8(2)9-4-6-10(7-5-9)11(12)13;8-7(9)6-4-2-1-3-5-6;/h5-10,15H,4,11H2,1-3H3;1-15H;5-10,18H,4H2,1-3H3,(H,17,19);6-10H,4-5H2,1-3H3;4H2,1-3H3,(H,18,19,20);4-8H,3H2,1-2H3,(H,12,13);6H,1-5H2,(H,8,9);/q;+1;;;;;;+2/p-2. The van der Waals surface area contributed by atoms with E-state index in [0.717, 1.165) is 73.4 Å². The van der Waals surface area contributed by atoms with E-state index in [9.17, 15) is 74.3 Å². The fourth-order valence-corrected chi connectivity index (χ4v) is 16.0. The van der Waals surface area contributed by atoms with Gasteiger partial charge >= 0.3 is 49.3 Å². The maximum Gasteiger partial charge on any atom is 2.00 e. The van der Waals surface area contributed by atoms with Gasteiger partial charge in [0.2, 0.25) is 23.3 Å². The van der Waals surface area contributed by atoms with Crippen molar-refractivity contribution >= 4 is 90.0 Å². The summed E-state index contributed by atoms with van der Waals surface area (Å²) in [6.07, 6.45) is 8.63.